The highest BCUT2D eigenvalue weighted by Gasteiger charge is 2.30. The Morgan fingerprint density at radius 2 is 1.70 bits per heavy atom. The van der Waals surface area contributed by atoms with Crippen LogP contribution >= 0.6 is 0 Å². The van der Waals surface area contributed by atoms with Crippen LogP contribution in [-0.4, -0.2) is 6.54 Å². The number of anilines is 1. The third-order valence-electron chi connectivity index (χ3n) is 2.88. The van der Waals surface area contributed by atoms with E-state index in [-0.39, 0.29) is 0 Å². The molecule has 20 heavy (non-hydrogen) atoms. The lowest BCUT2D eigenvalue weighted by molar-refractivity contribution is -0.137. The third-order valence-corrected chi connectivity index (χ3v) is 2.88. The van der Waals surface area contributed by atoms with Gasteiger partial charge in [0.05, 0.1) is 5.56 Å². The Balaban J connectivity index is 2.03. The van der Waals surface area contributed by atoms with E-state index in [0.717, 1.165) is 23.3 Å². The molecule has 2 rings (SSSR count). The summed E-state index contributed by atoms with van der Waals surface area (Å²) in [5, 5.41) is 2.96. The summed E-state index contributed by atoms with van der Waals surface area (Å²) in [6.45, 7) is 4.32. The zero-order valence-electron chi connectivity index (χ0n) is 10.7. The highest BCUT2D eigenvalue weighted by atomic mass is 19.4. The molecule has 0 amide bonds. The highest BCUT2D eigenvalue weighted by Crippen LogP contribution is 2.30. The van der Waals surface area contributed by atoms with Gasteiger partial charge in [-0.2, -0.15) is 13.2 Å². The highest BCUT2D eigenvalue weighted by molar-refractivity contribution is 5.67. The van der Waals surface area contributed by atoms with Gasteiger partial charge in [0.1, 0.15) is 0 Å². The fourth-order valence-corrected chi connectivity index (χ4v) is 1.79. The summed E-state index contributed by atoms with van der Waals surface area (Å²) >= 11 is 0. The van der Waals surface area contributed by atoms with E-state index in [1.807, 2.05) is 30.3 Å². The molecule has 0 aliphatic heterocycles. The molecule has 0 radical (unpaired) electrons. The number of alkyl halides is 3. The molecular weight excluding hydrogens is 263 g/mol. The average Bonchev–Trinajstić information content (AvgIpc) is 2.45. The molecule has 4 heteroatoms. The van der Waals surface area contributed by atoms with Crippen molar-refractivity contribution in [3.05, 3.63) is 72.3 Å². The number of halogens is 3. The molecule has 2 aromatic carbocycles. The summed E-state index contributed by atoms with van der Waals surface area (Å²) in [6, 6.07) is 14.7. The molecule has 0 atom stereocenters. The minimum atomic E-state index is -4.33. The molecular formula is C16H14F3N. The van der Waals surface area contributed by atoms with Crippen molar-refractivity contribution in [1.82, 2.24) is 0 Å². The number of benzene rings is 2. The van der Waals surface area contributed by atoms with Crippen LogP contribution in [0.4, 0.5) is 18.9 Å². The van der Waals surface area contributed by atoms with Crippen LogP contribution in [0.2, 0.25) is 0 Å². The van der Waals surface area contributed by atoms with Gasteiger partial charge < -0.3 is 5.32 Å². The Kier molecular flexibility index (Phi) is 4.13. The zero-order chi connectivity index (χ0) is 14.6. The Labute approximate surface area is 115 Å². The Morgan fingerprint density at radius 1 is 1.00 bits per heavy atom. The van der Waals surface area contributed by atoms with E-state index < -0.39 is 11.7 Å². The fraction of sp³-hybridized carbons (Fsp3) is 0.125. The fourth-order valence-electron chi connectivity index (χ4n) is 1.79. The van der Waals surface area contributed by atoms with Gasteiger partial charge in [-0.1, -0.05) is 43.0 Å². The zero-order valence-corrected chi connectivity index (χ0v) is 10.7. The van der Waals surface area contributed by atoms with Crippen molar-refractivity contribution < 1.29 is 13.2 Å². The van der Waals surface area contributed by atoms with E-state index >= 15 is 0 Å². The monoisotopic (exact) mass is 277 g/mol. The lowest BCUT2D eigenvalue weighted by Gasteiger charge is -2.12. The van der Waals surface area contributed by atoms with E-state index in [2.05, 4.69) is 11.9 Å². The first kappa shape index (κ1) is 14.2. The van der Waals surface area contributed by atoms with E-state index in [0.29, 0.717) is 12.2 Å². The molecule has 0 heterocycles. The Hall–Kier alpha value is -2.23. The van der Waals surface area contributed by atoms with Crippen molar-refractivity contribution in [3.63, 3.8) is 0 Å². The van der Waals surface area contributed by atoms with Crippen LogP contribution in [-0.2, 0) is 6.18 Å². The standard InChI is InChI=1S/C16H14F3N/c1-12(13-6-3-2-4-7-13)11-20-15-9-5-8-14(10-15)16(17,18)19/h2-10,20H,1,11H2. The predicted octanol–water partition coefficient (Wildman–Crippen LogP) is 4.83. The summed E-state index contributed by atoms with van der Waals surface area (Å²) in [5.74, 6) is 0. The third kappa shape index (κ3) is 3.63. The maximum absolute atomic E-state index is 12.6. The minimum Gasteiger partial charge on any atom is -0.381 e. The van der Waals surface area contributed by atoms with Crippen LogP contribution in [0.5, 0.6) is 0 Å². The largest absolute Gasteiger partial charge is 0.416 e. The second kappa shape index (κ2) is 5.82. The lowest BCUT2D eigenvalue weighted by Crippen LogP contribution is -2.07. The smallest absolute Gasteiger partial charge is 0.381 e. The summed E-state index contributed by atoms with van der Waals surface area (Å²) in [6.07, 6.45) is -4.33. The maximum Gasteiger partial charge on any atom is 0.416 e. The van der Waals surface area contributed by atoms with Crippen molar-refractivity contribution in [3.8, 4) is 0 Å². The number of rotatable bonds is 4. The second-order valence-corrected chi connectivity index (χ2v) is 4.40. The normalized spacial score (nSPS) is 11.2. The topological polar surface area (TPSA) is 12.0 Å². The van der Waals surface area contributed by atoms with Crippen molar-refractivity contribution in [2.75, 3.05) is 11.9 Å². The van der Waals surface area contributed by atoms with Crippen molar-refractivity contribution in [2.45, 2.75) is 6.18 Å². The lowest BCUT2D eigenvalue weighted by atomic mass is 10.1. The van der Waals surface area contributed by atoms with Gasteiger partial charge in [-0.25, -0.2) is 0 Å². The van der Waals surface area contributed by atoms with E-state index in [4.69, 9.17) is 0 Å². The number of hydrogen-bond acceptors (Lipinski definition) is 1. The van der Waals surface area contributed by atoms with Gasteiger partial charge >= 0.3 is 6.18 Å². The molecule has 2 aromatic rings. The molecule has 0 fully saturated rings. The average molecular weight is 277 g/mol. The first-order chi connectivity index (χ1) is 9.47. The second-order valence-electron chi connectivity index (χ2n) is 4.40. The van der Waals surface area contributed by atoms with Gasteiger partial charge in [0, 0.05) is 12.2 Å². The molecule has 0 unspecified atom stereocenters. The van der Waals surface area contributed by atoms with Crippen LogP contribution in [0, 0.1) is 0 Å². The van der Waals surface area contributed by atoms with Gasteiger partial charge in [-0.15, -0.1) is 0 Å². The Bertz CT molecular complexity index is 588. The molecule has 0 bridgehead atoms. The summed E-state index contributed by atoms with van der Waals surface area (Å²) < 4.78 is 37.8. The minimum absolute atomic E-state index is 0.394. The molecule has 0 saturated carbocycles. The molecule has 1 nitrogen and oxygen atoms in total. The molecule has 0 spiro atoms. The van der Waals surface area contributed by atoms with Crippen LogP contribution < -0.4 is 5.32 Å². The molecule has 0 aliphatic carbocycles. The molecule has 1 N–H and O–H groups in total. The first-order valence-electron chi connectivity index (χ1n) is 6.11. The molecule has 0 aliphatic rings. The van der Waals surface area contributed by atoms with Crippen molar-refractivity contribution in [2.24, 2.45) is 0 Å². The molecule has 0 saturated heterocycles. The van der Waals surface area contributed by atoms with E-state index in [9.17, 15) is 13.2 Å². The first-order valence-corrected chi connectivity index (χ1v) is 6.11. The maximum atomic E-state index is 12.6. The Morgan fingerprint density at radius 3 is 2.35 bits per heavy atom. The van der Waals surface area contributed by atoms with Crippen LogP contribution in [0.15, 0.2) is 61.2 Å². The predicted molar refractivity (Wildman–Crippen MR) is 75.4 cm³/mol. The van der Waals surface area contributed by atoms with Crippen LogP contribution in [0.1, 0.15) is 11.1 Å². The van der Waals surface area contributed by atoms with Crippen LogP contribution in [0.25, 0.3) is 5.57 Å². The molecule has 104 valence electrons. The summed E-state index contributed by atoms with van der Waals surface area (Å²) in [5.41, 5.74) is 1.56. The van der Waals surface area contributed by atoms with Gasteiger partial charge in [0.25, 0.3) is 0 Å². The van der Waals surface area contributed by atoms with Crippen molar-refractivity contribution >= 4 is 11.3 Å². The van der Waals surface area contributed by atoms with Gasteiger partial charge in [0.15, 0.2) is 0 Å². The van der Waals surface area contributed by atoms with Crippen molar-refractivity contribution in [1.29, 1.82) is 0 Å². The van der Waals surface area contributed by atoms with Gasteiger partial charge in [0.2, 0.25) is 0 Å². The van der Waals surface area contributed by atoms with Gasteiger partial charge in [-0.3, -0.25) is 0 Å². The van der Waals surface area contributed by atoms with E-state index in [1.54, 1.807) is 6.07 Å². The molecule has 0 aromatic heterocycles. The number of nitrogens with one attached hydrogen (secondary N) is 1. The van der Waals surface area contributed by atoms with Gasteiger partial charge in [-0.05, 0) is 29.3 Å². The quantitative estimate of drug-likeness (QED) is 0.844. The van der Waals surface area contributed by atoms with E-state index in [1.165, 1.54) is 6.07 Å². The summed E-state index contributed by atoms with van der Waals surface area (Å²) in [4.78, 5) is 0. The number of hydrogen-bond donors (Lipinski definition) is 1. The summed E-state index contributed by atoms with van der Waals surface area (Å²) in [7, 11) is 0. The van der Waals surface area contributed by atoms with Crippen LogP contribution in [0.3, 0.4) is 0 Å². The SMILES string of the molecule is C=C(CNc1cccc(C(F)(F)F)c1)c1ccccc1.